The number of hydrogen-bond acceptors (Lipinski definition) is 8. The largest absolute Gasteiger partial charge is 0.472 e. The van der Waals surface area contributed by atoms with Gasteiger partial charge in [-0.2, -0.15) is 0 Å². The molecule has 0 aliphatic rings. The van der Waals surface area contributed by atoms with Gasteiger partial charge in [-0.25, -0.2) is 4.57 Å². The molecule has 0 aliphatic carbocycles. The van der Waals surface area contributed by atoms with E-state index in [4.69, 9.17) is 24.3 Å². The molecule has 9 nitrogen and oxygen atoms in total. The summed E-state index contributed by atoms with van der Waals surface area (Å²) in [4.78, 5) is 35.0. The number of nitrogens with two attached hydrogens (primary N) is 1. The van der Waals surface area contributed by atoms with E-state index in [0.29, 0.717) is 12.8 Å². The Morgan fingerprint density at radius 3 is 1.07 bits per heavy atom. The smallest absolute Gasteiger partial charge is 0.462 e. The van der Waals surface area contributed by atoms with Gasteiger partial charge in [0.15, 0.2) is 6.10 Å². The van der Waals surface area contributed by atoms with Gasteiger partial charge in [0, 0.05) is 19.4 Å². The Bertz CT molecular complexity index is 1790. The van der Waals surface area contributed by atoms with Crippen LogP contribution >= 0.6 is 7.82 Å². The van der Waals surface area contributed by atoms with Crippen molar-refractivity contribution in [2.75, 3.05) is 26.4 Å². The number of allylic oxidation sites excluding steroid dienone is 28. The molecule has 0 amide bonds. The molecule has 0 radical (unpaired) electrons. The van der Waals surface area contributed by atoms with E-state index in [-0.39, 0.29) is 32.6 Å². The Hall–Kier alpha value is -4.63. The molecule has 3 N–H and O–H groups in total. The molecule has 0 rings (SSSR count). The van der Waals surface area contributed by atoms with E-state index in [1.165, 1.54) is 0 Å². The standard InChI is InChI=1S/C63H98NO8P/c1-3-5-7-9-11-13-15-17-18-19-20-21-22-23-24-25-26-27-28-29-30-31-32-33-34-35-36-37-38-39-40-41-42-44-46-48-50-52-54-56-63(66)72-61(60-71-73(67,68)70-58-57-64)59-69-62(65)55-53-51-49-47-45-43-16-14-12-10-8-6-4-2/h5-8,11-14,17-18,20-21,23-24,26-27,29-30,32-33,35-36,38-39,41-43,45,61H,3-4,9-10,15-16,19,22,25,28,31,34,37,40,44,46-60,64H2,1-2H3,(H,67,68)/b7-5-,8-6-,13-11-,14-12-,18-17-,21-20-,24-23-,27-26-,30-29-,33-32-,36-35-,39-38-,42-41-,45-43-. The molecule has 408 valence electrons. The first kappa shape index (κ1) is 68.4. The molecule has 0 aromatic heterocycles. The van der Waals surface area contributed by atoms with Crippen molar-refractivity contribution in [1.82, 2.24) is 0 Å². The Morgan fingerprint density at radius 2 is 0.712 bits per heavy atom. The molecule has 10 heteroatoms. The van der Waals surface area contributed by atoms with Gasteiger partial charge >= 0.3 is 19.8 Å². The minimum Gasteiger partial charge on any atom is -0.462 e. The van der Waals surface area contributed by atoms with Crippen LogP contribution < -0.4 is 5.73 Å². The van der Waals surface area contributed by atoms with Crippen molar-refractivity contribution in [1.29, 1.82) is 0 Å². The average Bonchev–Trinajstić information content (AvgIpc) is 3.38. The zero-order chi connectivity index (χ0) is 53.1. The van der Waals surface area contributed by atoms with Gasteiger partial charge in [-0.1, -0.05) is 210 Å². The quantitative estimate of drug-likeness (QED) is 0.0264. The summed E-state index contributed by atoms with van der Waals surface area (Å²) < 4.78 is 32.8. The number of rotatable bonds is 49. The summed E-state index contributed by atoms with van der Waals surface area (Å²) in [5.41, 5.74) is 5.36. The molecule has 0 aromatic carbocycles. The number of carbonyl (C=O) groups excluding carboxylic acids is 2. The van der Waals surface area contributed by atoms with E-state index < -0.39 is 32.5 Å². The maximum atomic E-state index is 12.7. The van der Waals surface area contributed by atoms with Crippen LogP contribution in [0.2, 0.25) is 0 Å². The van der Waals surface area contributed by atoms with E-state index in [0.717, 1.165) is 141 Å². The molecule has 0 saturated carbocycles. The normalized spacial score (nSPS) is 14.4. The molecule has 0 bridgehead atoms. The molecule has 0 spiro atoms. The van der Waals surface area contributed by atoms with Crippen LogP contribution in [0, 0.1) is 0 Å². The summed E-state index contributed by atoms with van der Waals surface area (Å²) in [6, 6.07) is 0. The van der Waals surface area contributed by atoms with Crippen molar-refractivity contribution in [3.05, 3.63) is 170 Å². The summed E-state index contributed by atoms with van der Waals surface area (Å²) in [6.07, 6.45) is 84.2. The first-order valence-corrected chi connectivity index (χ1v) is 29.1. The highest BCUT2D eigenvalue weighted by Gasteiger charge is 2.26. The van der Waals surface area contributed by atoms with Gasteiger partial charge in [-0.15, -0.1) is 0 Å². The van der Waals surface area contributed by atoms with Gasteiger partial charge < -0.3 is 20.1 Å². The Morgan fingerprint density at radius 1 is 0.411 bits per heavy atom. The second-order valence-electron chi connectivity index (χ2n) is 17.3. The van der Waals surface area contributed by atoms with Crippen molar-refractivity contribution in [3.63, 3.8) is 0 Å². The molecular formula is C63H98NO8P. The first-order valence-electron chi connectivity index (χ1n) is 27.6. The van der Waals surface area contributed by atoms with E-state index >= 15 is 0 Å². The number of unbranched alkanes of at least 4 members (excludes halogenated alkanes) is 8. The molecule has 0 saturated heterocycles. The lowest BCUT2D eigenvalue weighted by molar-refractivity contribution is -0.161. The maximum absolute atomic E-state index is 12.7. The molecule has 73 heavy (non-hydrogen) atoms. The van der Waals surface area contributed by atoms with E-state index in [2.05, 4.69) is 184 Å². The number of esters is 2. The fraction of sp³-hybridized carbons (Fsp3) is 0.524. The number of carbonyl (C=O) groups is 2. The monoisotopic (exact) mass is 1030 g/mol. The van der Waals surface area contributed by atoms with Crippen LogP contribution in [-0.4, -0.2) is 49.3 Å². The van der Waals surface area contributed by atoms with E-state index in [9.17, 15) is 19.0 Å². The van der Waals surface area contributed by atoms with Gasteiger partial charge in [0.25, 0.3) is 0 Å². The SMILES string of the molecule is CC/C=C\C/C=C\C/C=C\C/C=C\C/C=C\C/C=C\C/C=C\C/C=C\C/C=C\C/C=C\C/C=C\CCCCCCCC(=O)OC(COC(=O)CCCCC/C=C\C/C=C\C/C=C\CC)COP(=O)(O)OCCN. The maximum Gasteiger partial charge on any atom is 0.472 e. The van der Waals surface area contributed by atoms with Crippen molar-refractivity contribution in [2.24, 2.45) is 5.73 Å². The van der Waals surface area contributed by atoms with Crippen LogP contribution in [0.25, 0.3) is 0 Å². The highest BCUT2D eigenvalue weighted by molar-refractivity contribution is 7.47. The number of hydrogen-bond donors (Lipinski definition) is 2. The minimum absolute atomic E-state index is 0.0362. The summed E-state index contributed by atoms with van der Waals surface area (Å²) in [6.45, 7) is 3.41. The zero-order valence-corrected chi connectivity index (χ0v) is 46.2. The predicted molar refractivity (Wildman–Crippen MR) is 311 cm³/mol. The number of phosphoric acid groups is 1. The van der Waals surface area contributed by atoms with Crippen LogP contribution in [0.3, 0.4) is 0 Å². The lowest BCUT2D eigenvalue weighted by atomic mass is 10.1. The molecule has 0 fully saturated rings. The van der Waals surface area contributed by atoms with Gasteiger partial charge in [0.05, 0.1) is 13.2 Å². The Labute approximate surface area is 444 Å². The molecular weight excluding hydrogens is 930 g/mol. The van der Waals surface area contributed by atoms with Gasteiger partial charge in [0.2, 0.25) is 0 Å². The summed E-state index contributed by atoms with van der Waals surface area (Å²) in [5, 5.41) is 0. The van der Waals surface area contributed by atoms with Crippen molar-refractivity contribution < 1.29 is 37.6 Å². The third-order valence-corrected chi connectivity index (χ3v) is 11.6. The van der Waals surface area contributed by atoms with Crippen LogP contribution in [-0.2, 0) is 32.7 Å². The summed E-state index contributed by atoms with van der Waals surface area (Å²) in [5.74, 6) is -0.902. The predicted octanol–water partition coefficient (Wildman–Crippen LogP) is 17.5. The number of phosphoric ester groups is 1. The van der Waals surface area contributed by atoms with Crippen LogP contribution in [0.15, 0.2) is 170 Å². The molecule has 0 heterocycles. The van der Waals surface area contributed by atoms with E-state index in [1.54, 1.807) is 0 Å². The second kappa shape index (κ2) is 56.7. The first-order chi connectivity index (χ1) is 35.8. The van der Waals surface area contributed by atoms with Crippen LogP contribution in [0.1, 0.15) is 181 Å². The average molecular weight is 1030 g/mol. The van der Waals surface area contributed by atoms with Crippen molar-refractivity contribution >= 4 is 19.8 Å². The van der Waals surface area contributed by atoms with Crippen LogP contribution in [0.4, 0.5) is 0 Å². The lowest BCUT2D eigenvalue weighted by Crippen LogP contribution is -2.29. The minimum atomic E-state index is -4.41. The lowest BCUT2D eigenvalue weighted by Gasteiger charge is -2.19. The fourth-order valence-corrected chi connectivity index (χ4v) is 7.36. The Balaban J connectivity index is 4.08. The molecule has 2 atom stereocenters. The van der Waals surface area contributed by atoms with Crippen molar-refractivity contribution in [3.8, 4) is 0 Å². The fourth-order valence-electron chi connectivity index (χ4n) is 6.59. The number of ether oxygens (including phenoxy) is 2. The second-order valence-corrected chi connectivity index (χ2v) is 18.8. The summed E-state index contributed by atoms with van der Waals surface area (Å²) in [7, 11) is -4.41. The molecule has 0 aliphatic heterocycles. The molecule has 2 unspecified atom stereocenters. The Kier molecular flexibility index (Phi) is 53.1. The van der Waals surface area contributed by atoms with Gasteiger partial charge in [0.1, 0.15) is 6.61 Å². The van der Waals surface area contributed by atoms with Gasteiger partial charge in [-0.05, 0) is 128 Å². The van der Waals surface area contributed by atoms with E-state index in [1.807, 2.05) is 0 Å². The van der Waals surface area contributed by atoms with Crippen LogP contribution in [0.5, 0.6) is 0 Å². The topological polar surface area (TPSA) is 134 Å². The third-order valence-electron chi connectivity index (χ3n) is 10.6. The zero-order valence-electron chi connectivity index (χ0n) is 45.3. The molecule has 0 aromatic rings. The van der Waals surface area contributed by atoms with Gasteiger partial charge in [-0.3, -0.25) is 18.6 Å². The van der Waals surface area contributed by atoms with Crippen molar-refractivity contribution in [2.45, 2.75) is 187 Å². The third kappa shape index (κ3) is 56.5. The summed E-state index contributed by atoms with van der Waals surface area (Å²) >= 11 is 0. The highest BCUT2D eigenvalue weighted by Crippen LogP contribution is 2.43. The highest BCUT2D eigenvalue weighted by atomic mass is 31.2.